The van der Waals surface area contributed by atoms with Crippen molar-refractivity contribution < 1.29 is 47.7 Å². The molecule has 2 fully saturated rings. The Hall–Kier alpha value is -0.640. The summed E-state index contributed by atoms with van der Waals surface area (Å²) in [7, 11) is -13.4. The molecule has 28 heavy (non-hydrogen) atoms. The van der Waals surface area contributed by atoms with Crippen LogP contribution in [-0.2, 0) is 20.1 Å². The number of piperazine rings is 1. The van der Waals surface area contributed by atoms with Crippen LogP contribution in [0.4, 0.5) is 26.3 Å². The van der Waals surface area contributed by atoms with Crippen molar-refractivity contribution in [2.45, 2.75) is 54.6 Å². The minimum atomic E-state index is -7.01. The third kappa shape index (κ3) is 3.75. The molecule has 1 heterocycles. The molecule has 166 valence electrons. The van der Waals surface area contributed by atoms with Gasteiger partial charge in [-0.3, -0.25) is 9.45 Å². The topological polar surface area (TPSA) is 95.0 Å². The Morgan fingerprint density at radius 2 is 1.21 bits per heavy atom. The molecule has 0 aromatic rings. The molecule has 1 aliphatic heterocycles. The van der Waals surface area contributed by atoms with E-state index in [0.717, 1.165) is 32.1 Å². The minimum Gasteiger partial charge on any atom is -0.298 e. The van der Waals surface area contributed by atoms with E-state index in [1.165, 1.54) is 0 Å². The summed E-state index contributed by atoms with van der Waals surface area (Å²) in [6, 6.07) is 0.101. The van der Waals surface area contributed by atoms with Gasteiger partial charge in [-0.1, -0.05) is 19.3 Å². The predicted molar refractivity (Wildman–Crippen MR) is 85.3 cm³/mol. The fraction of sp³-hybridized carbons (Fsp3) is 1.00. The largest absolute Gasteiger partial charge is 0.439 e. The highest BCUT2D eigenvalue weighted by Gasteiger charge is 2.82. The molecular weight excluding hydrogens is 442 g/mol. The Morgan fingerprint density at radius 1 is 0.750 bits per heavy atom. The van der Waals surface area contributed by atoms with E-state index in [1.807, 2.05) is 4.90 Å². The second-order valence-electron chi connectivity index (χ2n) is 6.81. The van der Waals surface area contributed by atoms with Crippen LogP contribution < -0.4 is 0 Å². The third-order valence-electron chi connectivity index (χ3n) is 5.08. The first-order chi connectivity index (χ1) is 12.6. The van der Waals surface area contributed by atoms with Gasteiger partial charge in [0.15, 0.2) is 0 Å². The third-order valence-corrected chi connectivity index (χ3v) is 7.94. The first-order valence-electron chi connectivity index (χ1n) is 8.41. The number of rotatable bonds is 6. The average Bonchev–Trinajstić information content (AvgIpc) is 2.61. The molecule has 0 atom stereocenters. The van der Waals surface area contributed by atoms with Gasteiger partial charge in [0.05, 0.1) is 0 Å². The molecule has 2 aliphatic rings. The van der Waals surface area contributed by atoms with Crippen molar-refractivity contribution in [1.82, 2.24) is 9.21 Å². The molecule has 15 heteroatoms. The van der Waals surface area contributed by atoms with Crippen LogP contribution in [0.1, 0.15) is 32.1 Å². The van der Waals surface area contributed by atoms with E-state index < -0.39 is 49.7 Å². The molecule has 0 aromatic carbocycles. The Bertz CT molecular complexity index is 775. The van der Waals surface area contributed by atoms with Crippen LogP contribution in [0.15, 0.2) is 0 Å². The first kappa shape index (κ1) is 23.6. The smallest absolute Gasteiger partial charge is 0.298 e. The number of alkyl halides is 6. The maximum absolute atomic E-state index is 14.0. The Morgan fingerprint density at radius 3 is 1.64 bits per heavy atom. The van der Waals surface area contributed by atoms with Crippen molar-refractivity contribution in [3.05, 3.63) is 0 Å². The second-order valence-corrected chi connectivity index (χ2v) is 10.3. The van der Waals surface area contributed by atoms with Crippen molar-refractivity contribution in [3.63, 3.8) is 0 Å². The summed E-state index contributed by atoms with van der Waals surface area (Å²) in [5, 5.41) is -13.2. The maximum Gasteiger partial charge on any atom is 0.439 e. The standard InChI is InChI=1S/C13H20F6N2O5S2/c14-11(15,13(18,19)28(24,25)26)12(16,17)27(22,23)21-8-6-20(7-9-21)10-4-2-1-3-5-10/h10H,1-9H2,(H,24,25,26). The molecule has 0 aromatic heterocycles. The van der Waals surface area contributed by atoms with Gasteiger partial charge in [0.1, 0.15) is 0 Å². The Kier molecular flexibility index (Phi) is 6.38. The molecule has 0 radical (unpaired) electrons. The zero-order valence-corrected chi connectivity index (χ0v) is 16.1. The van der Waals surface area contributed by atoms with Crippen molar-refractivity contribution >= 4 is 20.1 Å². The molecule has 7 nitrogen and oxygen atoms in total. The van der Waals surface area contributed by atoms with Crippen molar-refractivity contribution in [2.24, 2.45) is 0 Å². The number of nitrogens with zero attached hydrogens (tertiary/aromatic N) is 2. The van der Waals surface area contributed by atoms with Gasteiger partial charge in [0, 0.05) is 32.2 Å². The lowest BCUT2D eigenvalue weighted by atomic mass is 9.94. The summed E-state index contributed by atoms with van der Waals surface area (Å²) in [4.78, 5) is 1.83. The highest BCUT2D eigenvalue weighted by atomic mass is 32.2. The zero-order chi connectivity index (χ0) is 21.6. The molecule has 0 bridgehead atoms. The lowest BCUT2D eigenvalue weighted by Gasteiger charge is -2.41. The lowest BCUT2D eigenvalue weighted by Crippen LogP contribution is -2.64. The summed E-state index contributed by atoms with van der Waals surface area (Å²) in [5.74, 6) is -6.90. The van der Waals surface area contributed by atoms with Gasteiger partial charge in [-0.05, 0) is 12.8 Å². The van der Waals surface area contributed by atoms with Gasteiger partial charge in [0.25, 0.3) is 10.0 Å². The molecular formula is C13H20F6N2O5S2. The van der Waals surface area contributed by atoms with Crippen LogP contribution in [0.3, 0.4) is 0 Å². The van der Waals surface area contributed by atoms with Gasteiger partial charge in [-0.2, -0.15) is 39.1 Å². The SMILES string of the molecule is O=S(=O)(O)C(F)(F)C(F)(F)C(F)(F)S(=O)(=O)N1CCN(C2CCCCC2)CC1. The predicted octanol–water partition coefficient (Wildman–Crippen LogP) is 1.98. The zero-order valence-electron chi connectivity index (χ0n) is 14.5. The first-order valence-corrected chi connectivity index (χ1v) is 11.3. The minimum absolute atomic E-state index is 0.0552. The Labute approximate surface area is 158 Å². The average molecular weight is 462 g/mol. The molecule has 1 N–H and O–H groups in total. The van der Waals surface area contributed by atoms with E-state index in [-0.39, 0.29) is 23.4 Å². The van der Waals surface area contributed by atoms with Gasteiger partial charge in [0.2, 0.25) is 0 Å². The van der Waals surface area contributed by atoms with Gasteiger partial charge < -0.3 is 0 Å². The van der Waals surface area contributed by atoms with E-state index in [2.05, 4.69) is 0 Å². The maximum atomic E-state index is 14.0. The fourth-order valence-electron chi connectivity index (χ4n) is 3.41. The molecule has 1 aliphatic carbocycles. The molecule has 2 rings (SSSR count). The normalized spacial score (nSPS) is 23.1. The number of sulfonamides is 1. The van der Waals surface area contributed by atoms with Crippen LogP contribution in [0.25, 0.3) is 0 Å². The molecule has 1 saturated heterocycles. The van der Waals surface area contributed by atoms with Crippen molar-refractivity contribution in [3.8, 4) is 0 Å². The highest BCUT2D eigenvalue weighted by molar-refractivity contribution is 7.90. The van der Waals surface area contributed by atoms with E-state index in [9.17, 15) is 43.2 Å². The number of halogens is 6. The van der Waals surface area contributed by atoms with Crippen LogP contribution in [0.2, 0.25) is 0 Å². The summed E-state index contributed by atoms with van der Waals surface area (Å²) >= 11 is 0. The van der Waals surface area contributed by atoms with Gasteiger partial charge in [-0.15, -0.1) is 0 Å². The molecule has 0 amide bonds. The Balaban J connectivity index is 2.21. The summed E-state index contributed by atoms with van der Waals surface area (Å²) in [6.45, 7) is -1.38. The monoisotopic (exact) mass is 462 g/mol. The fourth-order valence-corrected chi connectivity index (χ4v) is 5.35. The van der Waals surface area contributed by atoms with E-state index in [1.54, 1.807) is 0 Å². The van der Waals surface area contributed by atoms with Crippen LogP contribution in [0.5, 0.6) is 0 Å². The second kappa shape index (κ2) is 7.56. The lowest BCUT2D eigenvalue weighted by molar-refractivity contribution is -0.247. The highest BCUT2D eigenvalue weighted by Crippen LogP contribution is 2.51. The van der Waals surface area contributed by atoms with E-state index in [0.29, 0.717) is 0 Å². The molecule has 0 spiro atoms. The van der Waals surface area contributed by atoms with Crippen LogP contribution in [-0.4, -0.2) is 79.2 Å². The van der Waals surface area contributed by atoms with Gasteiger partial charge >= 0.3 is 26.5 Å². The molecule has 1 saturated carbocycles. The van der Waals surface area contributed by atoms with Crippen molar-refractivity contribution in [2.75, 3.05) is 26.2 Å². The van der Waals surface area contributed by atoms with E-state index in [4.69, 9.17) is 4.55 Å². The van der Waals surface area contributed by atoms with Crippen LogP contribution >= 0.6 is 0 Å². The number of hydrogen-bond acceptors (Lipinski definition) is 5. The quantitative estimate of drug-likeness (QED) is 0.479. The summed E-state index contributed by atoms with van der Waals surface area (Å²) in [5.41, 5.74) is 0. The molecule has 0 unspecified atom stereocenters. The summed E-state index contributed by atoms with van der Waals surface area (Å²) < 4.78 is 135. The van der Waals surface area contributed by atoms with Crippen LogP contribution in [0, 0.1) is 0 Å². The van der Waals surface area contributed by atoms with Crippen molar-refractivity contribution in [1.29, 1.82) is 0 Å². The summed E-state index contributed by atoms with van der Waals surface area (Å²) in [6.07, 6.45) is 4.56. The van der Waals surface area contributed by atoms with Gasteiger partial charge in [-0.25, -0.2) is 8.42 Å². The van der Waals surface area contributed by atoms with E-state index >= 15 is 0 Å². The number of hydrogen-bond donors (Lipinski definition) is 1.